The molecule has 41 heavy (non-hydrogen) atoms. The maximum Gasteiger partial charge on any atom is 0.257 e. The van der Waals surface area contributed by atoms with E-state index in [0.29, 0.717) is 71.0 Å². The summed E-state index contributed by atoms with van der Waals surface area (Å²) in [6.07, 6.45) is 3.18. The third-order valence-corrected chi connectivity index (χ3v) is 6.59. The Bertz CT molecular complexity index is 1700. The van der Waals surface area contributed by atoms with Crippen LogP contribution in [-0.4, -0.2) is 55.3 Å². The minimum atomic E-state index is -0.368. The van der Waals surface area contributed by atoms with Gasteiger partial charge in [-0.2, -0.15) is 14.9 Å². The highest BCUT2D eigenvalue weighted by molar-refractivity contribution is 6.05. The van der Waals surface area contributed by atoms with E-state index in [2.05, 4.69) is 45.4 Å². The Morgan fingerprint density at radius 2 is 1.61 bits per heavy atom. The molecule has 0 aliphatic carbocycles. The van der Waals surface area contributed by atoms with Crippen molar-refractivity contribution in [2.75, 3.05) is 25.1 Å². The van der Waals surface area contributed by atoms with Gasteiger partial charge in [0.05, 0.1) is 42.8 Å². The maximum atomic E-state index is 13.6. The summed E-state index contributed by atoms with van der Waals surface area (Å²) in [5, 5.41) is 12.9. The van der Waals surface area contributed by atoms with Gasteiger partial charge in [0.15, 0.2) is 23.0 Å². The monoisotopic (exact) mass is 555 g/mol. The summed E-state index contributed by atoms with van der Waals surface area (Å²) in [7, 11) is 0. The van der Waals surface area contributed by atoms with Crippen LogP contribution >= 0.6 is 0 Å². The van der Waals surface area contributed by atoms with Crippen molar-refractivity contribution in [1.29, 1.82) is 0 Å². The van der Waals surface area contributed by atoms with E-state index in [1.807, 2.05) is 39.8 Å². The van der Waals surface area contributed by atoms with Crippen molar-refractivity contribution in [3.05, 3.63) is 71.3 Å². The molecule has 3 aromatic heterocycles. The summed E-state index contributed by atoms with van der Waals surface area (Å²) in [5.41, 5.74) is 4.87. The van der Waals surface area contributed by atoms with Crippen molar-refractivity contribution in [2.45, 2.75) is 41.5 Å². The number of amides is 1. The number of ether oxygens (including phenoxy) is 3. The Balaban J connectivity index is 1.54. The number of nitrogens with zero attached hydrogens (tertiary/aromatic N) is 6. The van der Waals surface area contributed by atoms with Crippen molar-refractivity contribution in [3.63, 3.8) is 0 Å². The highest BCUT2D eigenvalue weighted by Crippen LogP contribution is 2.39. The van der Waals surface area contributed by atoms with Crippen LogP contribution in [0.3, 0.4) is 0 Å². The fraction of sp³-hybridized carbons (Fsp3) is 0.300. The zero-order valence-electron chi connectivity index (χ0n) is 24.1. The number of nitrogens with one attached hydrogen (secondary N) is 1. The number of fused-ring (bicyclic) bond motifs is 1. The Hall–Kier alpha value is -4.93. The lowest BCUT2D eigenvalue weighted by Crippen LogP contribution is -2.16. The van der Waals surface area contributed by atoms with E-state index in [0.717, 1.165) is 16.8 Å². The Labute approximate surface area is 238 Å². The number of carbonyl (C=O) groups excluding carboxylic acids is 1. The van der Waals surface area contributed by atoms with Crippen molar-refractivity contribution in [1.82, 2.24) is 29.5 Å². The molecule has 3 heterocycles. The molecule has 0 radical (unpaired) electrons. The van der Waals surface area contributed by atoms with Gasteiger partial charge in [0, 0.05) is 11.6 Å². The Morgan fingerprint density at radius 1 is 0.902 bits per heavy atom. The number of anilines is 1. The van der Waals surface area contributed by atoms with Crippen molar-refractivity contribution >= 4 is 22.8 Å². The molecule has 0 saturated heterocycles. The molecule has 0 aliphatic rings. The molecule has 0 spiro atoms. The maximum absolute atomic E-state index is 13.6. The first kappa shape index (κ1) is 27.6. The summed E-state index contributed by atoms with van der Waals surface area (Å²) in [6.45, 7) is 12.8. The average molecular weight is 556 g/mol. The molecule has 0 bridgehead atoms. The topological polar surface area (TPSA) is 118 Å². The van der Waals surface area contributed by atoms with E-state index in [-0.39, 0.29) is 5.91 Å². The predicted molar refractivity (Wildman–Crippen MR) is 156 cm³/mol. The molecule has 5 rings (SSSR count). The second-order valence-corrected chi connectivity index (χ2v) is 9.35. The highest BCUT2D eigenvalue weighted by atomic mass is 16.5. The van der Waals surface area contributed by atoms with Gasteiger partial charge >= 0.3 is 0 Å². The summed E-state index contributed by atoms with van der Waals surface area (Å²) in [4.78, 5) is 22.6. The summed E-state index contributed by atoms with van der Waals surface area (Å²) < 4.78 is 20.7. The largest absolute Gasteiger partial charge is 0.490 e. The molecule has 0 aliphatic heterocycles. The standard InChI is InChI=1S/C30H33N7O4/c1-7-39-24-14-21(15-25(40-8-2)27(24)41-9-3)30(38)34-26-13-19(5)35-37(26)29-22-16-33-36(28(22)31-17-32-29)23-12-10-11-18(4)20(23)6/h10-17H,7-9H2,1-6H3,(H,34,38). The number of aromatic nitrogens is 6. The zero-order chi connectivity index (χ0) is 29.1. The Kier molecular flexibility index (Phi) is 7.86. The number of rotatable bonds is 10. The normalized spacial score (nSPS) is 11.1. The van der Waals surface area contributed by atoms with Crippen LogP contribution < -0.4 is 19.5 Å². The fourth-order valence-electron chi connectivity index (χ4n) is 4.60. The number of hydrogen-bond acceptors (Lipinski definition) is 8. The van der Waals surface area contributed by atoms with Gasteiger partial charge in [-0.05, 0) is 70.9 Å². The first-order valence-electron chi connectivity index (χ1n) is 13.6. The minimum Gasteiger partial charge on any atom is -0.490 e. The molecule has 1 amide bonds. The van der Waals surface area contributed by atoms with E-state index in [1.54, 1.807) is 33.8 Å². The first-order valence-corrected chi connectivity index (χ1v) is 13.6. The van der Waals surface area contributed by atoms with Crippen molar-refractivity contribution < 1.29 is 19.0 Å². The van der Waals surface area contributed by atoms with Crippen LogP contribution in [0.1, 0.15) is 48.0 Å². The third-order valence-electron chi connectivity index (χ3n) is 6.59. The van der Waals surface area contributed by atoms with Gasteiger partial charge in [0.2, 0.25) is 5.75 Å². The molecule has 212 valence electrons. The highest BCUT2D eigenvalue weighted by Gasteiger charge is 2.22. The van der Waals surface area contributed by atoms with E-state index in [4.69, 9.17) is 14.2 Å². The van der Waals surface area contributed by atoms with Crippen LogP contribution in [-0.2, 0) is 0 Å². The van der Waals surface area contributed by atoms with E-state index >= 15 is 0 Å². The summed E-state index contributed by atoms with van der Waals surface area (Å²) in [5.74, 6) is 1.91. The van der Waals surface area contributed by atoms with E-state index in [9.17, 15) is 4.79 Å². The SMILES string of the molecule is CCOc1cc(C(=O)Nc2cc(C)nn2-c2ncnc3c2cnn3-c2cccc(C)c2C)cc(OCC)c1OCC. The molecule has 2 aromatic carbocycles. The molecule has 1 N–H and O–H groups in total. The quantitative estimate of drug-likeness (QED) is 0.244. The molecule has 5 aromatic rings. The third kappa shape index (κ3) is 5.30. The number of aryl methyl sites for hydroxylation is 2. The Morgan fingerprint density at radius 3 is 2.29 bits per heavy atom. The second-order valence-electron chi connectivity index (χ2n) is 9.35. The average Bonchev–Trinajstić information content (AvgIpc) is 3.55. The lowest BCUT2D eigenvalue weighted by Gasteiger charge is -2.17. The second kappa shape index (κ2) is 11.7. The lowest BCUT2D eigenvalue weighted by molar-refractivity contribution is 0.102. The number of benzene rings is 2. The van der Waals surface area contributed by atoms with Gasteiger partial charge in [-0.15, -0.1) is 0 Å². The summed E-state index contributed by atoms with van der Waals surface area (Å²) in [6, 6.07) is 11.1. The van der Waals surface area contributed by atoms with Gasteiger partial charge in [-0.3, -0.25) is 4.79 Å². The molecule has 0 atom stereocenters. The van der Waals surface area contributed by atoms with Gasteiger partial charge in [-0.1, -0.05) is 12.1 Å². The van der Waals surface area contributed by atoms with Crippen molar-refractivity contribution in [3.8, 4) is 28.8 Å². The van der Waals surface area contributed by atoms with Crippen LogP contribution in [0.2, 0.25) is 0 Å². The molecule has 11 heteroatoms. The number of carbonyl (C=O) groups is 1. The van der Waals surface area contributed by atoms with Gasteiger partial charge < -0.3 is 19.5 Å². The fourth-order valence-corrected chi connectivity index (χ4v) is 4.60. The molecular formula is C30H33N7O4. The molecular weight excluding hydrogens is 522 g/mol. The zero-order valence-corrected chi connectivity index (χ0v) is 24.1. The van der Waals surface area contributed by atoms with Crippen molar-refractivity contribution in [2.24, 2.45) is 0 Å². The minimum absolute atomic E-state index is 0.348. The smallest absolute Gasteiger partial charge is 0.257 e. The lowest BCUT2D eigenvalue weighted by atomic mass is 10.1. The molecule has 11 nitrogen and oxygen atoms in total. The number of hydrogen-bond donors (Lipinski definition) is 1. The van der Waals surface area contributed by atoms with Crippen LogP contribution in [0.4, 0.5) is 5.82 Å². The van der Waals surface area contributed by atoms with E-state index in [1.165, 1.54) is 6.33 Å². The first-order chi connectivity index (χ1) is 19.9. The van der Waals surface area contributed by atoms with Crippen LogP contribution in [0.5, 0.6) is 17.2 Å². The van der Waals surface area contributed by atoms with Crippen LogP contribution in [0.15, 0.2) is 48.9 Å². The predicted octanol–water partition coefficient (Wildman–Crippen LogP) is 5.37. The molecule has 0 unspecified atom stereocenters. The van der Waals surface area contributed by atoms with Gasteiger partial charge in [0.1, 0.15) is 12.1 Å². The molecule has 0 saturated carbocycles. The molecule has 0 fully saturated rings. The van der Waals surface area contributed by atoms with Gasteiger partial charge in [0.25, 0.3) is 5.91 Å². The van der Waals surface area contributed by atoms with Gasteiger partial charge in [-0.25, -0.2) is 14.6 Å². The van der Waals surface area contributed by atoms with Crippen LogP contribution in [0, 0.1) is 20.8 Å². The summed E-state index contributed by atoms with van der Waals surface area (Å²) >= 11 is 0. The van der Waals surface area contributed by atoms with E-state index < -0.39 is 0 Å². The van der Waals surface area contributed by atoms with Crippen LogP contribution in [0.25, 0.3) is 22.5 Å².